The topological polar surface area (TPSA) is 64.6 Å². The zero-order chi connectivity index (χ0) is 19.2. The minimum Gasteiger partial charge on any atom is -0.487 e. The molecule has 1 N–H and O–H groups in total. The molecule has 0 radical (unpaired) electrons. The number of halogens is 2. The van der Waals surface area contributed by atoms with Crippen LogP contribution in [0.4, 0.5) is 8.78 Å². The molecular formula is C19H19F2NO4S. The molecule has 144 valence electrons. The molecule has 1 saturated carbocycles. The summed E-state index contributed by atoms with van der Waals surface area (Å²) in [5.41, 5.74) is 0.609. The smallest absolute Gasteiger partial charge is 0.298 e. The van der Waals surface area contributed by atoms with Crippen molar-refractivity contribution >= 4 is 10.1 Å². The lowest BCUT2D eigenvalue weighted by atomic mass is 9.61. The molecule has 1 saturated heterocycles. The lowest BCUT2D eigenvalue weighted by Crippen LogP contribution is -2.70. The van der Waals surface area contributed by atoms with E-state index >= 15 is 0 Å². The van der Waals surface area contributed by atoms with Crippen molar-refractivity contribution in [2.45, 2.75) is 37.0 Å². The molecule has 1 spiro atoms. The van der Waals surface area contributed by atoms with Gasteiger partial charge in [-0.3, -0.25) is 5.32 Å². The second-order valence-corrected chi connectivity index (χ2v) is 8.78. The molecule has 2 aromatic rings. The predicted molar refractivity (Wildman–Crippen MR) is 93.7 cm³/mol. The van der Waals surface area contributed by atoms with E-state index in [1.165, 1.54) is 18.2 Å². The average molecular weight is 395 g/mol. The fraction of sp³-hybridized carbons (Fsp3) is 0.368. The summed E-state index contributed by atoms with van der Waals surface area (Å²) in [5.74, 6) is -1.42. The molecule has 8 heteroatoms. The fourth-order valence-corrected chi connectivity index (χ4v) is 4.64. The van der Waals surface area contributed by atoms with Gasteiger partial charge >= 0.3 is 0 Å². The standard InChI is InChI=1S/C19H19F2NO4S/c1-12-2-5-15(6-3-12)27(23,24)26-18-19(11-22-18)9-14(10-19)25-17-7-4-13(20)8-16(17)21/h2-8,14,18,22H,9-11H2,1H3. The van der Waals surface area contributed by atoms with Crippen molar-refractivity contribution in [2.24, 2.45) is 5.41 Å². The van der Waals surface area contributed by atoms with Crippen LogP contribution in [0.5, 0.6) is 5.75 Å². The maximum Gasteiger partial charge on any atom is 0.298 e. The zero-order valence-corrected chi connectivity index (χ0v) is 15.4. The summed E-state index contributed by atoms with van der Waals surface area (Å²) in [4.78, 5) is 0.109. The lowest BCUT2D eigenvalue weighted by molar-refractivity contribution is -0.152. The molecule has 0 aromatic heterocycles. The minimum absolute atomic E-state index is 0.00622. The number of aryl methyl sites for hydroxylation is 1. The molecule has 0 bridgehead atoms. The van der Waals surface area contributed by atoms with Gasteiger partial charge in [0.25, 0.3) is 10.1 Å². The summed E-state index contributed by atoms with van der Waals surface area (Å²) >= 11 is 0. The van der Waals surface area contributed by atoms with Crippen LogP contribution in [0.25, 0.3) is 0 Å². The van der Waals surface area contributed by atoms with E-state index in [0.29, 0.717) is 19.4 Å². The molecule has 27 heavy (non-hydrogen) atoms. The SMILES string of the molecule is Cc1ccc(S(=O)(=O)OC2NCC23CC(Oc2ccc(F)cc2F)C3)cc1. The van der Waals surface area contributed by atoms with Crippen molar-refractivity contribution in [3.63, 3.8) is 0 Å². The van der Waals surface area contributed by atoms with Crippen LogP contribution in [0.1, 0.15) is 18.4 Å². The second kappa shape index (κ2) is 6.54. The highest BCUT2D eigenvalue weighted by molar-refractivity contribution is 7.86. The maximum absolute atomic E-state index is 13.7. The summed E-state index contributed by atoms with van der Waals surface area (Å²) in [7, 11) is -3.88. The van der Waals surface area contributed by atoms with Crippen LogP contribution in [0, 0.1) is 24.0 Å². The first kappa shape index (κ1) is 18.3. The largest absolute Gasteiger partial charge is 0.487 e. The quantitative estimate of drug-likeness (QED) is 0.788. The maximum atomic E-state index is 13.7. The molecule has 1 atom stereocenters. The van der Waals surface area contributed by atoms with E-state index in [0.717, 1.165) is 17.7 Å². The van der Waals surface area contributed by atoms with Crippen LogP contribution < -0.4 is 10.1 Å². The molecule has 2 aromatic carbocycles. The van der Waals surface area contributed by atoms with E-state index in [9.17, 15) is 17.2 Å². The second-order valence-electron chi connectivity index (χ2n) is 7.21. The molecule has 2 fully saturated rings. The van der Waals surface area contributed by atoms with E-state index in [4.69, 9.17) is 8.92 Å². The number of ether oxygens (including phenoxy) is 1. The van der Waals surface area contributed by atoms with Crippen molar-refractivity contribution in [1.82, 2.24) is 5.32 Å². The third-order valence-electron chi connectivity index (χ3n) is 5.18. The van der Waals surface area contributed by atoms with Gasteiger partial charge in [0, 0.05) is 18.0 Å². The fourth-order valence-electron chi connectivity index (χ4n) is 3.54. The Morgan fingerprint density at radius 2 is 1.81 bits per heavy atom. The molecule has 1 unspecified atom stereocenters. The lowest BCUT2D eigenvalue weighted by Gasteiger charge is -2.57. The van der Waals surface area contributed by atoms with Crippen LogP contribution in [0.2, 0.25) is 0 Å². The van der Waals surface area contributed by atoms with Crippen LogP contribution in [0.3, 0.4) is 0 Å². The van der Waals surface area contributed by atoms with Gasteiger partial charge in [-0.1, -0.05) is 17.7 Å². The van der Waals surface area contributed by atoms with Crippen molar-refractivity contribution < 1.29 is 26.1 Å². The predicted octanol–water partition coefficient (Wildman–Crippen LogP) is 3.14. The number of nitrogens with one attached hydrogen (secondary N) is 1. The van der Waals surface area contributed by atoms with Crippen LogP contribution >= 0.6 is 0 Å². The van der Waals surface area contributed by atoms with Gasteiger partial charge in [-0.05, 0) is 44.0 Å². The van der Waals surface area contributed by atoms with Crippen LogP contribution in [0.15, 0.2) is 47.4 Å². The third-order valence-corrected chi connectivity index (χ3v) is 6.48. The molecule has 1 aliphatic carbocycles. The van der Waals surface area contributed by atoms with Crippen LogP contribution in [-0.4, -0.2) is 27.3 Å². The van der Waals surface area contributed by atoms with Gasteiger partial charge in [-0.15, -0.1) is 0 Å². The zero-order valence-electron chi connectivity index (χ0n) is 14.6. The third kappa shape index (κ3) is 3.44. The molecule has 0 amide bonds. The molecule has 1 heterocycles. The van der Waals surface area contributed by atoms with Gasteiger partial charge in [0.15, 0.2) is 11.6 Å². The number of benzene rings is 2. The number of rotatable bonds is 5. The van der Waals surface area contributed by atoms with Gasteiger partial charge in [0.2, 0.25) is 0 Å². The van der Waals surface area contributed by atoms with Gasteiger partial charge in [-0.25, -0.2) is 13.0 Å². The summed E-state index contributed by atoms with van der Waals surface area (Å²) in [6.07, 6.45) is 0.164. The normalized spacial score (nSPS) is 27.1. The Morgan fingerprint density at radius 1 is 1.11 bits per heavy atom. The van der Waals surface area contributed by atoms with E-state index in [-0.39, 0.29) is 22.2 Å². The summed E-state index contributed by atoms with van der Waals surface area (Å²) in [6, 6.07) is 9.62. The monoisotopic (exact) mass is 395 g/mol. The Bertz CT molecular complexity index is 956. The average Bonchev–Trinajstić information content (AvgIpc) is 2.56. The van der Waals surface area contributed by atoms with E-state index in [1.54, 1.807) is 12.1 Å². The van der Waals surface area contributed by atoms with Gasteiger partial charge in [0.05, 0.1) is 4.90 Å². The van der Waals surface area contributed by atoms with Gasteiger partial charge in [0.1, 0.15) is 18.1 Å². The first-order chi connectivity index (χ1) is 12.8. The Morgan fingerprint density at radius 3 is 2.41 bits per heavy atom. The van der Waals surface area contributed by atoms with Gasteiger partial charge < -0.3 is 4.74 Å². The molecule has 1 aliphatic heterocycles. The first-order valence-electron chi connectivity index (χ1n) is 8.63. The molecule has 4 rings (SSSR count). The molecular weight excluding hydrogens is 376 g/mol. The molecule has 5 nitrogen and oxygen atoms in total. The highest BCUT2D eigenvalue weighted by Gasteiger charge is 2.58. The van der Waals surface area contributed by atoms with Crippen molar-refractivity contribution in [3.05, 3.63) is 59.7 Å². The number of hydrogen-bond acceptors (Lipinski definition) is 5. The highest BCUT2D eigenvalue weighted by Crippen LogP contribution is 2.51. The van der Waals surface area contributed by atoms with Crippen molar-refractivity contribution in [1.29, 1.82) is 0 Å². The van der Waals surface area contributed by atoms with Crippen LogP contribution in [-0.2, 0) is 14.3 Å². The minimum atomic E-state index is -3.88. The summed E-state index contributed by atoms with van der Waals surface area (Å²) in [6.45, 7) is 2.48. The summed E-state index contributed by atoms with van der Waals surface area (Å²) < 4.78 is 62.5. The van der Waals surface area contributed by atoms with E-state index in [1.807, 2.05) is 6.92 Å². The highest BCUT2D eigenvalue weighted by atomic mass is 32.2. The van der Waals surface area contributed by atoms with Crippen molar-refractivity contribution in [2.75, 3.05) is 6.54 Å². The Kier molecular flexibility index (Phi) is 4.44. The Labute approximate surface area is 156 Å². The Balaban J connectivity index is 1.38. The first-order valence-corrected chi connectivity index (χ1v) is 10.0. The van der Waals surface area contributed by atoms with E-state index < -0.39 is 28.0 Å². The number of hydrogen-bond donors (Lipinski definition) is 1. The summed E-state index contributed by atoms with van der Waals surface area (Å²) in [5, 5.41) is 3.00. The van der Waals surface area contributed by atoms with E-state index in [2.05, 4.69) is 5.32 Å². The van der Waals surface area contributed by atoms with Crippen molar-refractivity contribution in [3.8, 4) is 5.75 Å². The Hall–Kier alpha value is -2.03. The van der Waals surface area contributed by atoms with Gasteiger partial charge in [-0.2, -0.15) is 8.42 Å². The molecule has 2 aliphatic rings.